The first kappa shape index (κ1) is 29.2. The van der Waals surface area contributed by atoms with Gasteiger partial charge >= 0.3 is 5.97 Å². The summed E-state index contributed by atoms with van der Waals surface area (Å²) in [5.74, 6) is 0.774. The molecule has 1 aliphatic heterocycles. The van der Waals surface area contributed by atoms with Gasteiger partial charge in [0.25, 0.3) is 0 Å². The second kappa shape index (κ2) is 13.5. The van der Waals surface area contributed by atoms with Crippen LogP contribution in [0.1, 0.15) is 50.2 Å². The quantitative estimate of drug-likeness (QED) is 0.282. The number of nitrogens with one attached hydrogen (secondary N) is 1. The van der Waals surface area contributed by atoms with E-state index in [1.165, 1.54) is 0 Å². The minimum atomic E-state index is -0.437. The molecule has 0 bridgehead atoms. The largest absolute Gasteiger partial charge is 0.508 e. The van der Waals surface area contributed by atoms with Gasteiger partial charge in [-0.2, -0.15) is 5.10 Å². The molecule has 206 valence electrons. The summed E-state index contributed by atoms with van der Waals surface area (Å²) in [4.78, 5) is 25.7. The number of hydrogen-bond donors (Lipinski definition) is 2. The van der Waals surface area contributed by atoms with Gasteiger partial charge in [-0.15, -0.1) is 0 Å². The average Bonchev–Trinajstić information content (AvgIpc) is 2.92. The van der Waals surface area contributed by atoms with Crippen LogP contribution in [-0.2, 0) is 14.3 Å². The number of phenols is 1. The Balaban J connectivity index is 0.000000449. The van der Waals surface area contributed by atoms with Crippen molar-refractivity contribution < 1.29 is 24.2 Å². The summed E-state index contributed by atoms with van der Waals surface area (Å²) in [5.41, 5.74) is 5.58. The fourth-order valence-corrected chi connectivity index (χ4v) is 4.66. The summed E-state index contributed by atoms with van der Waals surface area (Å²) < 4.78 is 11.0. The minimum absolute atomic E-state index is 0.0374. The highest BCUT2D eigenvalue weighted by atomic mass is 16.5. The number of nitrogens with zero attached hydrogens (tertiary/aromatic N) is 2. The molecule has 0 spiro atoms. The van der Waals surface area contributed by atoms with Gasteiger partial charge in [-0.1, -0.05) is 36.4 Å². The van der Waals surface area contributed by atoms with Gasteiger partial charge < -0.3 is 19.9 Å². The van der Waals surface area contributed by atoms with Crippen LogP contribution in [0.25, 0.3) is 0 Å². The highest BCUT2D eigenvalue weighted by Crippen LogP contribution is 2.41. The Morgan fingerprint density at radius 1 is 1.21 bits per heavy atom. The van der Waals surface area contributed by atoms with Crippen LogP contribution in [0.4, 0.5) is 0 Å². The lowest BCUT2D eigenvalue weighted by molar-refractivity contribution is -0.138. The van der Waals surface area contributed by atoms with Gasteiger partial charge in [-0.25, -0.2) is 4.79 Å². The number of ketones is 1. The van der Waals surface area contributed by atoms with Crippen LogP contribution in [0, 0.1) is 6.92 Å². The predicted octanol–water partition coefficient (Wildman–Crippen LogP) is 5.36. The molecule has 0 saturated heterocycles. The van der Waals surface area contributed by atoms with E-state index in [9.17, 15) is 9.59 Å². The Bertz CT molecular complexity index is 1310. The summed E-state index contributed by atoms with van der Waals surface area (Å²) >= 11 is 0. The maximum atomic E-state index is 13.0. The standard InChI is InChI=1S/C24H29N3O4.C7H8O/c1-6-17(27(4)25-3)14-31-24(29)19-13-20-21(26-15(19)2)11-16(12-22(20)28)18-9-7-8-10-23(18)30-5;1-6-3-2-4-7(8)5-6/h6-10,16,26H,3,11-14H2,1-2,4-5H3;2-5,8H,1H3/b17-6-;/t16-;/m1./s1. The van der Waals surface area contributed by atoms with E-state index < -0.39 is 5.97 Å². The molecule has 2 aromatic carbocycles. The van der Waals surface area contributed by atoms with Gasteiger partial charge in [0.05, 0.1) is 18.4 Å². The highest BCUT2D eigenvalue weighted by Gasteiger charge is 2.34. The van der Waals surface area contributed by atoms with Crippen molar-refractivity contribution in [3.05, 3.63) is 94.0 Å². The van der Waals surface area contributed by atoms with Gasteiger partial charge in [0, 0.05) is 49.5 Å². The fraction of sp³-hybridized carbons (Fsp3) is 0.323. The Morgan fingerprint density at radius 3 is 2.56 bits per heavy atom. The Morgan fingerprint density at radius 2 is 1.95 bits per heavy atom. The Hall–Kier alpha value is -4.33. The second-order valence-corrected chi connectivity index (χ2v) is 9.49. The van der Waals surface area contributed by atoms with Crippen LogP contribution < -0.4 is 10.1 Å². The number of carbonyl (C=O) groups is 2. The number of ether oxygens (including phenoxy) is 2. The summed E-state index contributed by atoms with van der Waals surface area (Å²) in [5, 5.41) is 17.5. The summed E-state index contributed by atoms with van der Waals surface area (Å²) in [6.07, 6.45) is 3.18. The molecule has 8 nitrogen and oxygen atoms in total. The number of rotatable bonds is 7. The summed E-state index contributed by atoms with van der Waals surface area (Å²) in [6, 6.07) is 14.9. The number of methoxy groups -OCH3 is 1. The number of aryl methyl sites for hydroxylation is 1. The number of hydrazone groups is 1. The van der Waals surface area contributed by atoms with Gasteiger partial charge in [0.2, 0.25) is 0 Å². The third-order valence-electron chi connectivity index (χ3n) is 6.87. The number of likely N-dealkylation sites (N-methyl/N-ethyl adjacent to an activating group) is 1. The molecule has 8 heteroatoms. The van der Waals surface area contributed by atoms with Crippen LogP contribution >= 0.6 is 0 Å². The third kappa shape index (κ3) is 7.37. The minimum Gasteiger partial charge on any atom is -0.508 e. The topological polar surface area (TPSA) is 100 Å². The molecule has 0 fully saturated rings. The number of carbonyl (C=O) groups excluding carboxylic acids is 2. The van der Waals surface area contributed by atoms with Gasteiger partial charge in [0.1, 0.15) is 18.1 Å². The van der Waals surface area contributed by atoms with Crippen LogP contribution in [0.3, 0.4) is 0 Å². The lowest BCUT2D eigenvalue weighted by Gasteiger charge is -2.32. The number of aromatic hydroxyl groups is 1. The number of hydrogen-bond acceptors (Lipinski definition) is 8. The second-order valence-electron chi connectivity index (χ2n) is 9.49. The van der Waals surface area contributed by atoms with Crippen molar-refractivity contribution in [3.63, 3.8) is 0 Å². The van der Waals surface area contributed by atoms with Crippen molar-refractivity contribution in [2.24, 2.45) is 5.10 Å². The maximum Gasteiger partial charge on any atom is 0.336 e. The molecular formula is C31H37N3O5. The van der Waals surface area contributed by atoms with Gasteiger partial charge in [-0.05, 0) is 56.5 Å². The fourth-order valence-electron chi connectivity index (χ4n) is 4.66. The molecule has 2 aliphatic rings. The van der Waals surface area contributed by atoms with Crippen molar-refractivity contribution in [3.8, 4) is 11.5 Å². The number of Topliss-reactive ketones (excluding diaryl/α,β-unsaturated/α-hetero) is 1. The smallest absolute Gasteiger partial charge is 0.336 e. The molecule has 0 aromatic heterocycles. The van der Waals surface area contributed by atoms with E-state index in [4.69, 9.17) is 14.6 Å². The number of phenolic OH excluding ortho intramolecular Hbond substituents is 1. The van der Waals surface area contributed by atoms with Crippen molar-refractivity contribution in [2.45, 2.75) is 46.0 Å². The molecule has 0 radical (unpaired) electrons. The third-order valence-corrected chi connectivity index (χ3v) is 6.87. The Kier molecular flexibility index (Phi) is 10.1. The molecule has 0 unspecified atom stereocenters. The molecule has 1 heterocycles. The number of para-hydroxylation sites is 1. The number of esters is 1. The average molecular weight is 532 g/mol. The van der Waals surface area contributed by atoms with Crippen LogP contribution in [0.15, 0.2) is 87.9 Å². The molecule has 2 aromatic rings. The normalized spacial score (nSPS) is 16.9. The zero-order valence-corrected chi connectivity index (χ0v) is 23.3. The van der Waals surface area contributed by atoms with E-state index in [-0.39, 0.29) is 24.7 Å². The molecule has 39 heavy (non-hydrogen) atoms. The van der Waals surface area contributed by atoms with E-state index >= 15 is 0 Å². The SMILES string of the molecule is C=NN(C)/C(=C\C)COC(=O)C1=C(C)NC2=C(C1)C(=O)C[C@H](c1ccccc1OC)C2.Cc1cccc(O)c1. The van der Waals surface area contributed by atoms with Crippen molar-refractivity contribution in [1.29, 1.82) is 0 Å². The van der Waals surface area contributed by atoms with E-state index in [1.54, 1.807) is 31.3 Å². The van der Waals surface area contributed by atoms with Gasteiger partial charge in [-0.3, -0.25) is 9.80 Å². The first-order valence-electron chi connectivity index (χ1n) is 12.8. The lowest BCUT2D eigenvalue weighted by Crippen LogP contribution is -2.32. The van der Waals surface area contributed by atoms with Crippen LogP contribution in [0.2, 0.25) is 0 Å². The summed E-state index contributed by atoms with van der Waals surface area (Å²) in [6.45, 7) is 9.18. The monoisotopic (exact) mass is 531 g/mol. The first-order chi connectivity index (χ1) is 18.7. The van der Waals surface area contributed by atoms with E-state index in [0.717, 1.165) is 34.0 Å². The van der Waals surface area contributed by atoms with E-state index in [2.05, 4.69) is 17.1 Å². The van der Waals surface area contributed by atoms with E-state index in [1.807, 2.05) is 63.2 Å². The Labute approximate surface area is 230 Å². The number of dihydropyridines is 1. The number of allylic oxidation sites excluding steroid dienone is 4. The predicted molar refractivity (Wildman–Crippen MR) is 152 cm³/mol. The van der Waals surface area contributed by atoms with Crippen LogP contribution in [0.5, 0.6) is 11.5 Å². The molecular weight excluding hydrogens is 494 g/mol. The molecule has 0 amide bonds. The van der Waals surface area contributed by atoms with Crippen molar-refractivity contribution >= 4 is 18.5 Å². The van der Waals surface area contributed by atoms with E-state index in [0.29, 0.717) is 29.7 Å². The number of benzene rings is 2. The van der Waals surface area contributed by atoms with Gasteiger partial charge in [0.15, 0.2) is 5.78 Å². The highest BCUT2D eigenvalue weighted by molar-refractivity contribution is 6.01. The van der Waals surface area contributed by atoms with Crippen molar-refractivity contribution in [1.82, 2.24) is 10.3 Å². The lowest BCUT2D eigenvalue weighted by atomic mass is 9.78. The maximum absolute atomic E-state index is 13.0. The van der Waals surface area contributed by atoms with Crippen LogP contribution in [-0.4, -0.2) is 49.3 Å². The zero-order valence-electron chi connectivity index (χ0n) is 23.3. The summed E-state index contributed by atoms with van der Waals surface area (Å²) in [7, 11) is 3.37. The molecule has 1 atom stereocenters. The first-order valence-corrected chi connectivity index (χ1v) is 12.8. The molecule has 1 aliphatic carbocycles. The van der Waals surface area contributed by atoms with Crippen molar-refractivity contribution in [2.75, 3.05) is 20.8 Å². The molecule has 4 rings (SSSR count). The molecule has 2 N–H and O–H groups in total. The zero-order chi connectivity index (χ0) is 28.5. The molecule has 0 saturated carbocycles.